The first kappa shape index (κ1) is 10.3. The zero-order valence-corrected chi connectivity index (χ0v) is 7.66. The Labute approximate surface area is 82.2 Å². The van der Waals surface area contributed by atoms with Gasteiger partial charge in [-0.25, -0.2) is 4.39 Å². The lowest BCUT2D eigenvalue weighted by atomic mass is 10.2. The molecule has 0 heterocycles. The van der Waals surface area contributed by atoms with Gasteiger partial charge < -0.3 is 4.74 Å². The lowest BCUT2D eigenvalue weighted by molar-refractivity contribution is 0.322. The molecule has 0 N–H and O–H groups in total. The van der Waals surface area contributed by atoms with Gasteiger partial charge in [-0.1, -0.05) is 6.08 Å². The molecule has 0 radical (unpaired) electrons. The number of nitriles is 1. The van der Waals surface area contributed by atoms with Crippen LogP contribution in [0.15, 0.2) is 30.9 Å². The summed E-state index contributed by atoms with van der Waals surface area (Å²) in [6, 6.07) is 5.78. The summed E-state index contributed by atoms with van der Waals surface area (Å²) in [5.41, 5.74) is 0.343. The highest BCUT2D eigenvalue weighted by Gasteiger charge is 2.03. The first-order valence-corrected chi connectivity index (χ1v) is 4.21. The molecule has 0 aliphatic rings. The molecule has 0 aromatic heterocycles. The van der Waals surface area contributed by atoms with Crippen LogP contribution in [0.5, 0.6) is 5.75 Å². The van der Waals surface area contributed by atoms with Gasteiger partial charge in [-0.2, -0.15) is 5.26 Å². The topological polar surface area (TPSA) is 33.0 Å². The van der Waals surface area contributed by atoms with Crippen molar-refractivity contribution < 1.29 is 9.13 Å². The maximum atomic E-state index is 12.8. The molecule has 0 amide bonds. The molecular formula is C11H10FNO. The summed E-state index contributed by atoms with van der Waals surface area (Å²) in [5.74, 6) is -0.119. The second kappa shape index (κ2) is 5.03. The number of hydrogen-bond donors (Lipinski definition) is 0. The van der Waals surface area contributed by atoms with Crippen molar-refractivity contribution in [2.24, 2.45) is 0 Å². The Morgan fingerprint density at radius 2 is 2.36 bits per heavy atom. The van der Waals surface area contributed by atoms with Crippen LogP contribution in [-0.2, 0) is 0 Å². The number of hydrogen-bond acceptors (Lipinski definition) is 2. The Balaban J connectivity index is 2.78. The zero-order chi connectivity index (χ0) is 10.4. The van der Waals surface area contributed by atoms with Crippen molar-refractivity contribution in [3.05, 3.63) is 42.2 Å². The third kappa shape index (κ3) is 2.60. The first-order chi connectivity index (χ1) is 6.77. The predicted octanol–water partition coefficient (Wildman–Crippen LogP) is 2.65. The van der Waals surface area contributed by atoms with E-state index >= 15 is 0 Å². The second-order valence-corrected chi connectivity index (χ2v) is 2.68. The van der Waals surface area contributed by atoms with Gasteiger partial charge in [0.2, 0.25) is 0 Å². The third-order valence-corrected chi connectivity index (χ3v) is 1.64. The van der Waals surface area contributed by atoms with Crippen LogP contribution < -0.4 is 4.74 Å². The molecule has 0 aliphatic heterocycles. The number of benzene rings is 1. The van der Waals surface area contributed by atoms with E-state index < -0.39 is 5.82 Å². The normalized spacial score (nSPS) is 9.14. The summed E-state index contributed by atoms with van der Waals surface area (Å²) in [5, 5.41) is 8.69. The van der Waals surface area contributed by atoms with Gasteiger partial charge in [-0.05, 0) is 18.6 Å². The van der Waals surface area contributed by atoms with Crippen LogP contribution in [0.2, 0.25) is 0 Å². The number of rotatable bonds is 4. The van der Waals surface area contributed by atoms with Gasteiger partial charge in [0.1, 0.15) is 17.6 Å². The van der Waals surface area contributed by atoms with Crippen LogP contribution in [0.4, 0.5) is 4.39 Å². The van der Waals surface area contributed by atoms with Crippen molar-refractivity contribution in [1.82, 2.24) is 0 Å². The van der Waals surface area contributed by atoms with E-state index in [1.807, 2.05) is 6.07 Å². The molecule has 1 aromatic rings. The lowest BCUT2D eigenvalue weighted by Crippen LogP contribution is -1.98. The molecule has 0 saturated carbocycles. The van der Waals surface area contributed by atoms with E-state index in [0.717, 1.165) is 0 Å². The molecule has 1 rings (SSSR count). The Morgan fingerprint density at radius 1 is 1.57 bits per heavy atom. The summed E-state index contributed by atoms with van der Waals surface area (Å²) in [7, 11) is 0. The quantitative estimate of drug-likeness (QED) is 0.541. The van der Waals surface area contributed by atoms with Gasteiger partial charge in [0.25, 0.3) is 0 Å². The Hall–Kier alpha value is -1.82. The molecule has 0 spiro atoms. The fourth-order valence-corrected chi connectivity index (χ4v) is 0.960. The highest BCUT2D eigenvalue weighted by atomic mass is 19.1. The van der Waals surface area contributed by atoms with Crippen molar-refractivity contribution in [2.75, 3.05) is 6.61 Å². The van der Waals surface area contributed by atoms with Crippen molar-refractivity contribution in [3.63, 3.8) is 0 Å². The predicted molar refractivity (Wildman–Crippen MR) is 51.4 cm³/mol. The standard InChI is InChI=1S/C11H10FNO/c1-2-3-6-14-11-7-10(12)5-4-9(11)8-13/h2,4-5,7H,1,3,6H2. The molecule has 1 aromatic carbocycles. The molecule has 3 heteroatoms. The van der Waals surface area contributed by atoms with Crippen LogP contribution >= 0.6 is 0 Å². The number of ether oxygens (including phenoxy) is 1. The summed E-state index contributed by atoms with van der Waals surface area (Å²) >= 11 is 0. The van der Waals surface area contributed by atoms with E-state index in [2.05, 4.69) is 6.58 Å². The third-order valence-electron chi connectivity index (χ3n) is 1.64. The molecule has 0 bridgehead atoms. The van der Waals surface area contributed by atoms with E-state index in [1.54, 1.807) is 6.08 Å². The van der Waals surface area contributed by atoms with Crippen LogP contribution in [-0.4, -0.2) is 6.61 Å². The maximum Gasteiger partial charge on any atom is 0.139 e. The van der Waals surface area contributed by atoms with Gasteiger partial charge in [0.05, 0.1) is 12.2 Å². The monoisotopic (exact) mass is 191 g/mol. The first-order valence-electron chi connectivity index (χ1n) is 4.21. The van der Waals surface area contributed by atoms with E-state index in [0.29, 0.717) is 18.6 Å². The molecule has 0 unspecified atom stereocenters. The smallest absolute Gasteiger partial charge is 0.139 e. The molecule has 14 heavy (non-hydrogen) atoms. The van der Waals surface area contributed by atoms with Crippen LogP contribution in [0.3, 0.4) is 0 Å². The lowest BCUT2D eigenvalue weighted by Gasteiger charge is -2.05. The highest BCUT2D eigenvalue weighted by Crippen LogP contribution is 2.18. The van der Waals surface area contributed by atoms with Crippen molar-refractivity contribution >= 4 is 0 Å². The fourth-order valence-electron chi connectivity index (χ4n) is 0.960. The molecule has 0 saturated heterocycles. The maximum absolute atomic E-state index is 12.8. The number of nitrogens with zero attached hydrogens (tertiary/aromatic N) is 1. The minimum Gasteiger partial charge on any atom is -0.492 e. The van der Waals surface area contributed by atoms with Crippen LogP contribution in [0.25, 0.3) is 0 Å². The summed E-state index contributed by atoms with van der Waals surface area (Å²) in [6.45, 7) is 3.94. The minimum absolute atomic E-state index is 0.286. The fraction of sp³-hybridized carbons (Fsp3) is 0.182. The molecule has 0 aliphatic carbocycles. The molecule has 0 atom stereocenters. The SMILES string of the molecule is C=CCCOc1cc(F)ccc1C#N. The number of halogens is 1. The van der Waals surface area contributed by atoms with E-state index in [-0.39, 0.29) is 5.75 Å². The largest absolute Gasteiger partial charge is 0.492 e. The van der Waals surface area contributed by atoms with Gasteiger partial charge in [0.15, 0.2) is 0 Å². The zero-order valence-electron chi connectivity index (χ0n) is 7.66. The Bertz CT molecular complexity index is 368. The van der Waals surface area contributed by atoms with Gasteiger partial charge in [0, 0.05) is 6.07 Å². The highest BCUT2D eigenvalue weighted by molar-refractivity contribution is 5.42. The summed E-state index contributed by atoms with van der Waals surface area (Å²) in [6.07, 6.45) is 2.37. The Morgan fingerprint density at radius 3 is 3.00 bits per heavy atom. The second-order valence-electron chi connectivity index (χ2n) is 2.68. The van der Waals surface area contributed by atoms with Crippen LogP contribution in [0, 0.1) is 17.1 Å². The van der Waals surface area contributed by atoms with Crippen LogP contribution in [0.1, 0.15) is 12.0 Å². The molecular weight excluding hydrogens is 181 g/mol. The molecule has 2 nitrogen and oxygen atoms in total. The summed E-state index contributed by atoms with van der Waals surface area (Å²) < 4.78 is 18.0. The van der Waals surface area contributed by atoms with E-state index in [1.165, 1.54) is 18.2 Å². The Kier molecular flexibility index (Phi) is 3.69. The van der Waals surface area contributed by atoms with Crippen molar-refractivity contribution in [1.29, 1.82) is 5.26 Å². The van der Waals surface area contributed by atoms with E-state index in [4.69, 9.17) is 10.00 Å². The van der Waals surface area contributed by atoms with Crippen molar-refractivity contribution in [2.45, 2.75) is 6.42 Å². The molecule has 72 valence electrons. The van der Waals surface area contributed by atoms with Gasteiger partial charge >= 0.3 is 0 Å². The summed E-state index contributed by atoms with van der Waals surface area (Å²) in [4.78, 5) is 0. The van der Waals surface area contributed by atoms with Gasteiger partial charge in [-0.15, -0.1) is 6.58 Å². The molecule has 0 fully saturated rings. The average molecular weight is 191 g/mol. The van der Waals surface area contributed by atoms with Crippen molar-refractivity contribution in [3.8, 4) is 11.8 Å². The average Bonchev–Trinajstić information content (AvgIpc) is 2.19. The minimum atomic E-state index is -0.405. The van der Waals surface area contributed by atoms with Gasteiger partial charge in [-0.3, -0.25) is 0 Å². The van der Waals surface area contributed by atoms with E-state index in [9.17, 15) is 4.39 Å².